The van der Waals surface area contributed by atoms with Crippen LogP contribution >= 0.6 is 0 Å². The molecule has 7 heteroatoms. The molecule has 2 rings (SSSR count). The van der Waals surface area contributed by atoms with Crippen molar-refractivity contribution < 1.29 is 19.2 Å². The fraction of sp³-hybridized carbons (Fsp3) is 0.444. The van der Waals surface area contributed by atoms with Gasteiger partial charge in [0, 0.05) is 12.1 Å². The van der Waals surface area contributed by atoms with Crippen LogP contribution < -0.4 is 0 Å². The van der Waals surface area contributed by atoms with Crippen molar-refractivity contribution in [2.24, 2.45) is 5.41 Å². The number of carbonyl (C=O) groups excluding carboxylic acids is 2. The highest BCUT2D eigenvalue weighted by Crippen LogP contribution is 2.36. The molecule has 0 spiro atoms. The molecule has 1 aromatic carbocycles. The van der Waals surface area contributed by atoms with E-state index < -0.39 is 30.5 Å². The van der Waals surface area contributed by atoms with E-state index >= 15 is 0 Å². The van der Waals surface area contributed by atoms with E-state index in [4.69, 9.17) is 4.74 Å². The standard InChI is InChI=1S/C18H21NO5Si/c1-18(11-12-25(2,3)4)10-9-15(16(18)20)24-17(21)13-5-7-14(8-6-13)19(22)23/h5-8,15H,9-10H2,1-4H3/t15-,18-/m0/s1. The Morgan fingerprint density at radius 2 is 1.92 bits per heavy atom. The van der Waals surface area contributed by atoms with Crippen molar-refractivity contribution >= 4 is 25.5 Å². The van der Waals surface area contributed by atoms with Crippen LogP contribution in [0.4, 0.5) is 5.69 Å². The van der Waals surface area contributed by atoms with Gasteiger partial charge in [-0.1, -0.05) is 25.6 Å². The Morgan fingerprint density at radius 3 is 2.44 bits per heavy atom. The number of carbonyl (C=O) groups is 2. The van der Waals surface area contributed by atoms with E-state index in [2.05, 4.69) is 31.1 Å². The van der Waals surface area contributed by atoms with E-state index in [1.54, 1.807) is 6.92 Å². The molecule has 0 radical (unpaired) electrons. The highest BCUT2D eigenvalue weighted by Gasteiger charge is 2.45. The minimum atomic E-state index is -1.60. The minimum absolute atomic E-state index is 0.109. The van der Waals surface area contributed by atoms with E-state index in [0.29, 0.717) is 12.8 Å². The fourth-order valence-electron chi connectivity index (χ4n) is 2.51. The van der Waals surface area contributed by atoms with Crippen LogP contribution in [0.15, 0.2) is 24.3 Å². The summed E-state index contributed by atoms with van der Waals surface area (Å²) < 4.78 is 5.32. The molecule has 132 valence electrons. The molecule has 1 fully saturated rings. The summed E-state index contributed by atoms with van der Waals surface area (Å²) >= 11 is 0. The Hall–Kier alpha value is -2.46. The number of nitrogens with zero attached hydrogens (tertiary/aromatic N) is 1. The number of hydrogen-bond acceptors (Lipinski definition) is 5. The number of hydrogen-bond donors (Lipinski definition) is 0. The fourth-order valence-corrected chi connectivity index (χ4v) is 3.16. The van der Waals surface area contributed by atoms with E-state index in [9.17, 15) is 19.7 Å². The molecular weight excluding hydrogens is 338 g/mol. The van der Waals surface area contributed by atoms with Gasteiger partial charge in [0.1, 0.15) is 8.07 Å². The number of Topliss-reactive ketones (excluding diaryl/α,β-unsaturated/α-hetero) is 1. The number of esters is 1. The molecule has 0 aromatic heterocycles. The number of ether oxygens (including phenoxy) is 1. The summed E-state index contributed by atoms with van der Waals surface area (Å²) in [6.07, 6.45) is 0.180. The zero-order valence-electron chi connectivity index (χ0n) is 14.8. The van der Waals surface area contributed by atoms with Crippen molar-refractivity contribution in [3.63, 3.8) is 0 Å². The van der Waals surface area contributed by atoms with Gasteiger partial charge in [-0.3, -0.25) is 14.9 Å². The number of nitro benzene ring substituents is 1. The third-order valence-corrected chi connectivity index (χ3v) is 4.89. The lowest BCUT2D eigenvalue weighted by molar-refractivity contribution is -0.384. The Kier molecular flexibility index (Phi) is 5.14. The maximum absolute atomic E-state index is 12.6. The number of non-ortho nitro benzene ring substituents is 1. The molecule has 6 nitrogen and oxygen atoms in total. The number of rotatable bonds is 3. The molecule has 0 unspecified atom stereocenters. The van der Waals surface area contributed by atoms with Crippen LogP contribution in [0.25, 0.3) is 0 Å². The smallest absolute Gasteiger partial charge is 0.338 e. The van der Waals surface area contributed by atoms with Gasteiger partial charge >= 0.3 is 5.97 Å². The first kappa shape index (κ1) is 18.9. The Labute approximate surface area is 147 Å². The first-order valence-corrected chi connectivity index (χ1v) is 11.6. The average molecular weight is 359 g/mol. The second-order valence-electron chi connectivity index (χ2n) is 7.43. The van der Waals surface area contributed by atoms with E-state index in [0.717, 1.165) is 0 Å². The zero-order valence-corrected chi connectivity index (χ0v) is 15.8. The Morgan fingerprint density at radius 1 is 1.32 bits per heavy atom. The van der Waals surface area contributed by atoms with Gasteiger partial charge in [-0.15, -0.1) is 5.54 Å². The maximum atomic E-state index is 12.6. The first-order valence-electron chi connectivity index (χ1n) is 8.06. The molecule has 0 N–H and O–H groups in total. The van der Waals surface area contributed by atoms with Gasteiger partial charge in [0.15, 0.2) is 11.9 Å². The molecule has 0 aliphatic heterocycles. The predicted molar refractivity (Wildman–Crippen MR) is 95.8 cm³/mol. The second-order valence-corrected chi connectivity index (χ2v) is 12.2. The van der Waals surface area contributed by atoms with Gasteiger partial charge in [0.05, 0.1) is 15.9 Å². The summed E-state index contributed by atoms with van der Waals surface area (Å²) in [5.74, 6) is 2.28. The lowest BCUT2D eigenvalue weighted by atomic mass is 9.89. The van der Waals surface area contributed by atoms with Crippen LogP contribution in [0.5, 0.6) is 0 Å². The summed E-state index contributed by atoms with van der Waals surface area (Å²) in [6, 6.07) is 5.11. The minimum Gasteiger partial charge on any atom is -0.451 e. The number of benzene rings is 1. The second kappa shape index (κ2) is 6.80. The summed E-state index contributed by atoms with van der Waals surface area (Å²) in [5.41, 5.74) is 2.52. The molecule has 0 saturated heterocycles. The highest BCUT2D eigenvalue weighted by atomic mass is 28.3. The van der Waals surface area contributed by atoms with Gasteiger partial charge in [0.25, 0.3) is 5.69 Å². The third kappa shape index (κ3) is 4.54. The first-order chi connectivity index (χ1) is 11.5. The Balaban J connectivity index is 2.08. The quantitative estimate of drug-likeness (QED) is 0.271. The summed E-state index contributed by atoms with van der Waals surface area (Å²) in [7, 11) is -1.60. The molecule has 1 saturated carbocycles. The molecule has 2 atom stereocenters. The molecule has 1 aromatic rings. The predicted octanol–water partition coefficient (Wildman–Crippen LogP) is 3.37. The van der Waals surface area contributed by atoms with Crippen LogP contribution in [0.1, 0.15) is 30.1 Å². The van der Waals surface area contributed by atoms with Gasteiger partial charge < -0.3 is 4.74 Å². The maximum Gasteiger partial charge on any atom is 0.338 e. The molecule has 0 heterocycles. The van der Waals surface area contributed by atoms with Gasteiger partial charge in [-0.05, 0) is 31.9 Å². The van der Waals surface area contributed by atoms with Gasteiger partial charge in [-0.2, -0.15) is 0 Å². The van der Waals surface area contributed by atoms with Crippen molar-refractivity contribution in [1.82, 2.24) is 0 Å². The van der Waals surface area contributed by atoms with Crippen molar-refractivity contribution in [1.29, 1.82) is 0 Å². The summed E-state index contributed by atoms with van der Waals surface area (Å²) in [6.45, 7) is 8.11. The zero-order chi connectivity index (χ0) is 18.8. The van der Waals surface area contributed by atoms with Crippen molar-refractivity contribution in [2.75, 3.05) is 0 Å². The molecule has 1 aliphatic carbocycles. The van der Waals surface area contributed by atoms with Crippen LogP contribution in [0.3, 0.4) is 0 Å². The van der Waals surface area contributed by atoms with E-state index in [1.807, 2.05) is 0 Å². The van der Waals surface area contributed by atoms with E-state index in [1.165, 1.54) is 24.3 Å². The average Bonchev–Trinajstić information content (AvgIpc) is 2.81. The topological polar surface area (TPSA) is 86.5 Å². The Bertz CT molecular complexity index is 769. The van der Waals surface area contributed by atoms with Gasteiger partial charge in [-0.25, -0.2) is 4.79 Å². The lowest BCUT2D eigenvalue weighted by Crippen LogP contribution is -2.31. The molecule has 0 bridgehead atoms. The number of nitro groups is 1. The normalized spacial score (nSPS) is 22.9. The van der Waals surface area contributed by atoms with Crippen molar-refractivity contribution in [3.8, 4) is 11.5 Å². The van der Waals surface area contributed by atoms with Gasteiger partial charge in [0.2, 0.25) is 0 Å². The largest absolute Gasteiger partial charge is 0.451 e. The number of ketones is 1. The SMILES string of the molecule is C[C@@]1(C#C[Si](C)(C)C)CC[C@H](OC(=O)c2ccc([N+](=O)[O-])cc2)C1=O. The lowest BCUT2D eigenvalue weighted by Gasteiger charge is -2.17. The molecule has 0 amide bonds. The van der Waals surface area contributed by atoms with Crippen LogP contribution in [0, 0.1) is 27.0 Å². The van der Waals surface area contributed by atoms with E-state index in [-0.39, 0.29) is 17.0 Å². The third-order valence-electron chi connectivity index (χ3n) is 4.02. The molecule has 25 heavy (non-hydrogen) atoms. The van der Waals surface area contributed by atoms with Crippen molar-refractivity contribution in [2.45, 2.75) is 45.5 Å². The summed E-state index contributed by atoms with van der Waals surface area (Å²) in [4.78, 5) is 34.9. The highest BCUT2D eigenvalue weighted by molar-refractivity contribution is 6.83. The van der Waals surface area contributed by atoms with Crippen LogP contribution in [-0.2, 0) is 9.53 Å². The van der Waals surface area contributed by atoms with Crippen LogP contribution in [0.2, 0.25) is 19.6 Å². The molecular formula is C18H21NO5Si. The molecule has 1 aliphatic rings. The summed E-state index contributed by atoms with van der Waals surface area (Å²) in [5, 5.41) is 10.6. The van der Waals surface area contributed by atoms with Crippen molar-refractivity contribution in [3.05, 3.63) is 39.9 Å². The van der Waals surface area contributed by atoms with Crippen LogP contribution in [-0.4, -0.2) is 30.9 Å². The monoisotopic (exact) mass is 359 g/mol.